The molecule has 0 aromatic rings. The van der Waals surface area contributed by atoms with Crippen LogP contribution in [0.4, 0.5) is 4.79 Å². The molecule has 6 nitrogen and oxygen atoms in total. The van der Waals surface area contributed by atoms with Gasteiger partial charge in [0, 0.05) is 17.8 Å². The molecule has 3 aliphatic carbocycles. The first-order valence-corrected chi connectivity index (χ1v) is 11.0. The second-order valence-electron chi connectivity index (χ2n) is 8.87. The maximum atomic E-state index is 12.8. The third-order valence-corrected chi connectivity index (χ3v) is 7.59. The number of ether oxygens (including phenoxy) is 3. The number of fused-ring (bicyclic) bond motifs is 2. The van der Waals surface area contributed by atoms with Gasteiger partial charge in [0.15, 0.2) is 0 Å². The second-order valence-corrected chi connectivity index (χ2v) is 8.87. The first kappa shape index (κ1) is 22.4. The average Bonchev–Trinajstić information content (AvgIpc) is 3.16. The van der Waals surface area contributed by atoms with E-state index in [9.17, 15) is 14.7 Å². The second kappa shape index (κ2) is 8.48. The van der Waals surface area contributed by atoms with E-state index in [1.807, 2.05) is 0 Å². The number of hydrogen-bond acceptors (Lipinski definition) is 6. The Hall–Kier alpha value is -2.24. The molecule has 0 unspecified atom stereocenters. The van der Waals surface area contributed by atoms with Crippen LogP contribution in [0.15, 0.2) is 36.6 Å². The first-order chi connectivity index (χ1) is 14.3. The van der Waals surface area contributed by atoms with Gasteiger partial charge in [-0.15, -0.1) is 6.58 Å². The molecule has 6 atom stereocenters. The van der Waals surface area contributed by atoms with Gasteiger partial charge in [0.25, 0.3) is 0 Å². The van der Waals surface area contributed by atoms with Crippen LogP contribution in [0.1, 0.15) is 52.9 Å². The zero-order valence-corrected chi connectivity index (χ0v) is 18.3. The van der Waals surface area contributed by atoms with E-state index in [0.29, 0.717) is 30.8 Å². The molecular formula is C24H34O6. The molecule has 0 aliphatic heterocycles. The summed E-state index contributed by atoms with van der Waals surface area (Å²) in [6.07, 6.45) is 6.16. The van der Waals surface area contributed by atoms with E-state index >= 15 is 0 Å². The lowest BCUT2D eigenvalue weighted by molar-refractivity contribution is -0.140. The summed E-state index contributed by atoms with van der Waals surface area (Å²) in [6, 6.07) is 0. The highest BCUT2D eigenvalue weighted by Crippen LogP contribution is 2.63. The summed E-state index contributed by atoms with van der Waals surface area (Å²) in [6.45, 7) is 14.3. The minimum Gasteiger partial charge on any atom is -0.512 e. The van der Waals surface area contributed by atoms with E-state index in [1.165, 1.54) is 0 Å². The number of allylic oxidation sites excluding steroid dienone is 2. The van der Waals surface area contributed by atoms with Crippen molar-refractivity contribution in [2.45, 2.75) is 58.5 Å². The van der Waals surface area contributed by atoms with Gasteiger partial charge in [0.05, 0.1) is 18.8 Å². The molecule has 0 aromatic heterocycles. The number of esters is 1. The van der Waals surface area contributed by atoms with Crippen molar-refractivity contribution in [2.75, 3.05) is 13.2 Å². The standard InChI is InChI=1S/C24H34O6/c1-6-23-14-17-15(5)10-11-18(17)24(7-2,30-22(27)29-9-4)13-16(23)12-19(25)20(23)21(26)28-8-3/h6-7,15-18,25H,1-2,8-14H2,3-5H3/t15-,16+,17-,18-,23-,24+/m1/s1. The molecule has 3 aliphatic rings. The molecule has 30 heavy (non-hydrogen) atoms. The summed E-state index contributed by atoms with van der Waals surface area (Å²) in [7, 11) is 0. The summed E-state index contributed by atoms with van der Waals surface area (Å²) in [4.78, 5) is 25.2. The van der Waals surface area contributed by atoms with Crippen molar-refractivity contribution < 1.29 is 28.9 Å². The molecule has 6 heteroatoms. The molecule has 0 saturated heterocycles. The van der Waals surface area contributed by atoms with E-state index < -0.39 is 23.1 Å². The minimum absolute atomic E-state index is 0.0524. The van der Waals surface area contributed by atoms with Gasteiger partial charge in [-0.05, 0) is 63.4 Å². The fourth-order valence-electron chi connectivity index (χ4n) is 6.22. The van der Waals surface area contributed by atoms with Gasteiger partial charge >= 0.3 is 12.1 Å². The number of hydrogen-bond donors (Lipinski definition) is 1. The predicted molar refractivity (Wildman–Crippen MR) is 113 cm³/mol. The van der Waals surface area contributed by atoms with Crippen LogP contribution in [0, 0.1) is 29.1 Å². The van der Waals surface area contributed by atoms with Crippen molar-refractivity contribution in [3.63, 3.8) is 0 Å². The van der Waals surface area contributed by atoms with Gasteiger partial charge in [-0.3, -0.25) is 0 Å². The fraction of sp³-hybridized carbons (Fsp3) is 0.667. The molecule has 0 bridgehead atoms. The van der Waals surface area contributed by atoms with Gasteiger partial charge in [-0.1, -0.05) is 19.6 Å². The highest BCUT2D eigenvalue weighted by molar-refractivity contribution is 5.92. The van der Waals surface area contributed by atoms with E-state index in [2.05, 4.69) is 20.1 Å². The lowest BCUT2D eigenvalue weighted by atomic mass is 9.67. The topological polar surface area (TPSA) is 82.1 Å². The van der Waals surface area contributed by atoms with Crippen LogP contribution in [-0.2, 0) is 19.0 Å². The smallest absolute Gasteiger partial charge is 0.509 e. The summed E-state index contributed by atoms with van der Waals surface area (Å²) in [5.74, 6) is 0.0354. The SMILES string of the molecule is C=C[C@@]12C[C@@H]3[C@H](C)CC[C@H]3[C@@](C=C)(OC(=O)OCC)C[C@@H]1CC(O)=C2C(=O)OCC. The Balaban J connectivity index is 2.09. The first-order valence-electron chi connectivity index (χ1n) is 11.0. The van der Waals surface area contributed by atoms with Crippen molar-refractivity contribution >= 4 is 12.1 Å². The van der Waals surface area contributed by atoms with Gasteiger partial charge in [-0.2, -0.15) is 0 Å². The third-order valence-electron chi connectivity index (χ3n) is 7.59. The largest absolute Gasteiger partial charge is 0.512 e. The quantitative estimate of drug-likeness (QED) is 0.477. The molecular weight excluding hydrogens is 384 g/mol. The molecule has 0 radical (unpaired) electrons. The Kier molecular flexibility index (Phi) is 6.34. The monoisotopic (exact) mass is 418 g/mol. The third kappa shape index (κ3) is 3.44. The van der Waals surface area contributed by atoms with Crippen molar-refractivity contribution in [3.05, 3.63) is 36.6 Å². The van der Waals surface area contributed by atoms with Gasteiger partial charge in [-0.25, -0.2) is 9.59 Å². The molecule has 0 aromatic carbocycles. The molecule has 3 rings (SSSR count). The van der Waals surface area contributed by atoms with Crippen LogP contribution >= 0.6 is 0 Å². The maximum absolute atomic E-state index is 12.8. The molecule has 0 heterocycles. The maximum Gasteiger partial charge on any atom is 0.509 e. The molecule has 0 amide bonds. The Labute approximate surface area is 179 Å². The van der Waals surface area contributed by atoms with E-state index in [-0.39, 0.29) is 36.7 Å². The van der Waals surface area contributed by atoms with Crippen LogP contribution in [0.25, 0.3) is 0 Å². The summed E-state index contributed by atoms with van der Waals surface area (Å²) in [5, 5.41) is 10.8. The number of aliphatic hydroxyl groups is 1. The number of carbonyl (C=O) groups is 2. The Morgan fingerprint density at radius 3 is 2.43 bits per heavy atom. The van der Waals surface area contributed by atoms with E-state index in [4.69, 9.17) is 14.2 Å². The molecule has 0 spiro atoms. The lowest BCUT2D eigenvalue weighted by Crippen LogP contribution is -2.43. The van der Waals surface area contributed by atoms with E-state index in [0.717, 1.165) is 12.8 Å². The molecule has 2 fully saturated rings. The minimum atomic E-state index is -0.915. The normalized spacial score (nSPS) is 37.6. The van der Waals surface area contributed by atoms with Crippen molar-refractivity contribution in [2.24, 2.45) is 29.1 Å². The summed E-state index contributed by atoms with van der Waals surface area (Å²) in [5.41, 5.74) is -1.32. The van der Waals surface area contributed by atoms with Crippen LogP contribution in [-0.4, -0.2) is 36.0 Å². The molecule has 166 valence electrons. The average molecular weight is 419 g/mol. The zero-order chi connectivity index (χ0) is 22.1. The number of aliphatic hydroxyl groups excluding tert-OH is 1. The van der Waals surface area contributed by atoms with Crippen LogP contribution in [0.5, 0.6) is 0 Å². The van der Waals surface area contributed by atoms with Crippen molar-refractivity contribution in [1.82, 2.24) is 0 Å². The van der Waals surface area contributed by atoms with Crippen molar-refractivity contribution in [1.29, 1.82) is 0 Å². The zero-order valence-electron chi connectivity index (χ0n) is 18.3. The molecule has 1 N–H and O–H groups in total. The van der Waals surface area contributed by atoms with Crippen LogP contribution in [0.3, 0.4) is 0 Å². The van der Waals surface area contributed by atoms with Crippen molar-refractivity contribution in [3.8, 4) is 0 Å². The fourth-order valence-corrected chi connectivity index (χ4v) is 6.22. The Bertz CT molecular complexity index is 755. The Morgan fingerprint density at radius 1 is 1.13 bits per heavy atom. The van der Waals surface area contributed by atoms with Gasteiger partial charge in [0.2, 0.25) is 0 Å². The Morgan fingerprint density at radius 2 is 1.83 bits per heavy atom. The van der Waals surface area contributed by atoms with Gasteiger partial charge < -0.3 is 19.3 Å². The number of carbonyl (C=O) groups excluding carboxylic acids is 2. The molecule has 2 saturated carbocycles. The highest BCUT2D eigenvalue weighted by atomic mass is 16.7. The van der Waals surface area contributed by atoms with E-state index in [1.54, 1.807) is 26.0 Å². The predicted octanol–water partition coefficient (Wildman–Crippen LogP) is 5.11. The summed E-state index contributed by atoms with van der Waals surface area (Å²) >= 11 is 0. The lowest BCUT2D eigenvalue weighted by Gasteiger charge is -2.38. The summed E-state index contributed by atoms with van der Waals surface area (Å²) < 4.78 is 16.4. The highest BCUT2D eigenvalue weighted by Gasteiger charge is 2.61. The van der Waals surface area contributed by atoms with Crippen LogP contribution < -0.4 is 0 Å². The van der Waals surface area contributed by atoms with Gasteiger partial charge in [0.1, 0.15) is 11.4 Å². The van der Waals surface area contributed by atoms with Crippen LogP contribution in [0.2, 0.25) is 0 Å². The number of rotatable bonds is 6.